The molecule has 1 heterocycles. The first-order chi connectivity index (χ1) is 10.6. The Hall–Kier alpha value is -2.37. The number of rotatable bonds is 4. The van der Waals surface area contributed by atoms with Gasteiger partial charge in [0.2, 0.25) is 5.91 Å². The molecule has 0 bridgehead atoms. The summed E-state index contributed by atoms with van der Waals surface area (Å²) >= 11 is 0. The van der Waals surface area contributed by atoms with E-state index in [1.54, 1.807) is 13.8 Å². The summed E-state index contributed by atoms with van der Waals surface area (Å²) < 4.78 is 0. The van der Waals surface area contributed by atoms with Crippen LogP contribution in [0.1, 0.15) is 32.8 Å². The number of likely N-dealkylation sites (N-methyl/N-ethyl adjacent to an activating group) is 1. The number of carbonyl (C=O) groups excluding carboxylic acids is 2. The van der Waals surface area contributed by atoms with Gasteiger partial charge in [-0.2, -0.15) is 0 Å². The van der Waals surface area contributed by atoms with Crippen molar-refractivity contribution in [1.82, 2.24) is 9.80 Å². The van der Waals surface area contributed by atoms with Crippen LogP contribution in [0.5, 0.6) is 0 Å². The van der Waals surface area contributed by atoms with Crippen LogP contribution in [0.2, 0.25) is 0 Å². The SMILES string of the molecule is CN1C(=O)N(C(=O)CCc2ccccc2)C(C)(C)C1(C)C(=O)O. The molecular weight excluding hydrogens is 296 g/mol. The number of aliphatic carboxylic acids is 1. The van der Waals surface area contributed by atoms with Crippen LogP contribution in [0, 0.1) is 0 Å². The molecule has 0 spiro atoms. The largest absolute Gasteiger partial charge is 0.479 e. The zero-order valence-electron chi connectivity index (χ0n) is 13.9. The first-order valence-electron chi connectivity index (χ1n) is 7.52. The van der Waals surface area contributed by atoms with Crippen molar-refractivity contribution in [2.45, 2.75) is 44.7 Å². The number of nitrogens with zero attached hydrogens (tertiary/aromatic N) is 2. The fourth-order valence-electron chi connectivity index (χ4n) is 3.04. The lowest BCUT2D eigenvalue weighted by atomic mass is 9.80. The minimum atomic E-state index is -1.47. The zero-order valence-corrected chi connectivity index (χ0v) is 13.9. The van der Waals surface area contributed by atoms with E-state index >= 15 is 0 Å². The third-order valence-electron chi connectivity index (χ3n) is 5.04. The number of urea groups is 1. The quantitative estimate of drug-likeness (QED) is 0.922. The van der Waals surface area contributed by atoms with Crippen LogP contribution in [0.3, 0.4) is 0 Å². The van der Waals surface area contributed by atoms with E-state index in [4.69, 9.17) is 0 Å². The Balaban J connectivity index is 2.23. The van der Waals surface area contributed by atoms with Gasteiger partial charge in [-0.05, 0) is 32.8 Å². The molecule has 2 rings (SSSR count). The van der Waals surface area contributed by atoms with Gasteiger partial charge in [-0.15, -0.1) is 0 Å². The van der Waals surface area contributed by atoms with Gasteiger partial charge in [0, 0.05) is 13.5 Å². The summed E-state index contributed by atoms with van der Waals surface area (Å²) in [5.74, 6) is -1.49. The molecule has 1 N–H and O–H groups in total. The van der Waals surface area contributed by atoms with Crippen LogP contribution in [0.15, 0.2) is 30.3 Å². The molecule has 0 radical (unpaired) electrons. The summed E-state index contributed by atoms with van der Waals surface area (Å²) in [6.45, 7) is 4.70. The molecule has 6 heteroatoms. The molecule has 1 atom stereocenters. The van der Waals surface area contributed by atoms with Crippen molar-refractivity contribution in [1.29, 1.82) is 0 Å². The highest BCUT2D eigenvalue weighted by molar-refractivity contribution is 6.02. The first-order valence-corrected chi connectivity index (χ1v) is 7.52. The summed E-state index contributed by atoms with van der Waals surface area (Å²) in [5.41, 5.74) is -1.61. The maximum Gasteiger partial charge on any atom is 0.331 e. The van der Waals surface area contributed by atoms with Crippen molar-refractivity contribution in [3.05, 3.63) is 35.9 Å². The van der Waals surface area contributed by atoms with Gasteiger partial charge in [-0.25, -0.2) is 9.59 Å². The van der Waals surface area contributed by atoms with Gasteiger partial charge in [-0.1, -0.05) is 30.3 Å². The lowest BCUT2D eigenvalue weighted by Gasteiger charge is -2.39. The number of amides is 3. The molecule has 0 aliphatic carbocycles. The molecular formula is C17H22N2O4. The number of hydrogen-bond donors (Lipinski definition) is 1. The molecule has 23 heavy (non-hydrogen) atoms. The van der Waals surface area contributed by atoms with Crippen molar-refractivity contribution >= 4 is 17.9 Å². The second kappa shape index (κ2) is 5.68. The molecule has 1 aromatic carbocycles. The van der Waals surface area contributed by atoms with E-state index in [0.29, 0.717) is 6.42 Å². The minimum Gasteiger partial charge on any atom is -0.479 e. The van der Waals surface area contributed by atoms with Crippen molar-refractivity contribution in [2.24, 2.45) is 0 Å². The molecule has 1 aromatic rings. The van der Waals surface area contributed by atoms with Crippen molar-refractivity contribution in [3.63, 3.8) is 0 Å². The van der Waals surface area contributed by atoms with E-state index in [2.05, 4.69) is 0 Å². The van der Waals surface area contributed by atoms with E-state index in [-0.39, 0.29) is 12.3 Å². The van der Waals surface area contributed by atoms with E-state index in [1.165, 1.54) is 14.0 Å². The standard InChI is InChI=1S/C17H22N2O4/c1-16(2)17(3,14(21)22)18(4)15(23)19(16)13(20)11-10-12-8-6-5-7-9-12/h5-9H,10-11H2,1-4H3,(H,21,22). The average molecular weight is 318 g/mol. The Kier molecular flexibility index (Phi) is 4.20. The predicted octanol–water partition coefficient (Wildman–Crippen LogP) is 2.14. The molecule has 6 nitrogen and oxygen atoms in total. The van der Waals surface area contributed by atoms with Gasteiger partial charge in [0.25, 0.3) is 0 Å². The van der Waals surface area contributed by atoms with E-state index < -0.39 is 23.1 Å². The van der Waals surface area contributed by atoms with Gasteiger partial charge in [0.1, 0.15) is 0 Å². The molecule has 3 amide bonds. The number of carboxylic acids is 1. The molecule has 1 aliphatic heterocycles. The Morgan fingerprint density at radius 3 is 2.17 bits per heavy atom. The van der Waals surface area contributed by atoms with Gasteiger partial charge in [-0.3, -0.25) is 9.69 Å². The van der Waals surface area contributed by atoms with Crippen LogP contribution in [0.25, 0.3) is 0 Å². The number of hydrogen-bond acceptors (Lipinski definition) is 3. The molecule has 1 aliphatic rings. The summed E-state index contributed by atoms with van der Waals surface area (Å²) in [6.07, 6.45) is 0.662. The molecule has 0 saturated carbocycles. The third-order valence-corrected chi connectivity index (χ3v) is 5.04. The van der Waals surface area contributed by atoms with Gasteiger partial charge in [0.15, 0.2) is 5.54 Å². The highest BCUT2D eigenvalue weighted by Gasteiger charge is 2.64. The van der Waals surface area contributed by atoms with Crippen molar-refractivity contribution in [3.8, 4) is 0 Å². The van der Waals surface area contributed by atoms with Crippen LogP contribution < -0.4 is 0 Å². The summed E-state index contributed by atoms with van der Waals surface area (Å²) in [7, 11) is 1.42. The van der Waals surface area contributed by atoms with E-state index in [9.17, 15) is 19.5 Å². The molecule has 1 saturated heterocycles. The highest BCUT2D eigenvalue weighted by Crippen LogP contribution is 2.41. The Bertz CT molecular complexity index is 641. The lowest BCUT2D eigenvalue weighted by molar-refractivity contribution is -0.152. The maximum absolute atomic E-state index is 12.6. The first kappa shape index (κ1) is 17.0. The van der Waals surface area contributed by atoms with Crippen molar-refractivity contribution < 1.29 is 19.5 Å². The molecule has 1 unspecified atom stereocenters. The second-order valence-corrected chi connectivity index (χ2v) is 6.49. The Labute approximate surface area is 135 Å². The smallest absolute Gasteiger partial charge is 0.331 e. The maximum atomic E-state index is 12.6. The van der Waals surface area contributed by atoms with Crippen LogP contribution in [-0.4, -0.2) is 50.9 Å². The lowest BCUT2D eigenvalue weighted by Crippen LogP contribution is -2.61. The average Bonchev–Trinajstić information content (AvgIpc) is 2.64. The van der Waals surface area contributed by atoms with Gasteiger partial charge in [0.05, 0.1) is 5.54 Å². The number of aryl methyl sites for hydroxylation is 1. The number of benzene rings is 1. The topological polar surface area (TPSA) is 77.9 Å². The molecule has 1 fully saturated rings. The monoisotopic (exact) mass is 318 g/mol. The van der Waals surface area contributed by atoms with Gasteiger partial charge >= 0.3 is 12.0 Å². The minimum absolute atomic E-state index is 0.155. The third kappa shape index (κ3) is 2.48. The summed E-state index contributed by atoms with van der Waals surface area (Å²) in [5, 5.41) is 9.57. The highest BCUT2D eigenvalue weighted by atomic mass is 16.4. The van der Waals surface area contributed by atoms with Crippen LogP contribution in [0.4, 0.5) is 4.79 Å². The van der Waals surface area contributed by atoms with Crippen LogP contribution in [-0.2, 0) is 16.0 Å². The Morgan fingerprint density at radius 1 is 1.13 bits per heavy atom. The number of carbonyl (C=O) groups is 3. The summed E-state index contributed by atoms with van der Waals surface area (Å²) in [4.78, 5) is 39.0. The van der Waals surface area contributed by atoms with Gasteiger partial charge < -0.3 is 10.0 Å². The van der Waals surface area contributed by atoms with Crippen molar-refractivity contribution in [2.75, 3.05) is 7.05 Å². The normalized spacial score (nSPS) is 23.2. The molecule has 124 valence electrons. The predicted molar refractivity (Wildman–Crippen MR) is 84.9 cm³/mol. The van der Waals surface area contributed by atoms with E-state index in [0.717, 1.165) is 15.4 Å². The zero-order chi connectivity index (χ0) is 17.4. The van der Waals surface area contributed by atoms with E-state index in [1.807, 2.05) is 30.3 Å². The van der Waals surface area contributed by atoms with Crippen LogP contribution >= 0.6 is 0 Å². The Morgan fingerprint density at radius 2 is 1.70 bits per heavy atom. The fraction of sp³-hybridized carbons (Fsp3) is 0.471. The number of imide groups is 1. The fourth-order valence-corrected chi connectivity index (χ4v) is 3.04. The molecule has 0 aromatic heterocycles. The number of carboxylic acid groups (broad SMARTS) is 1. The second-order valence-electron chi connectivity index (χ2n) is 6.49. The summed E-state index contributed by atoms with van der Waals surface area (Å²) in [6, 6.07) is 8.93.